The van der Waals surface area contributed by atoms with Gasteiger partial charge in [-0.3, -0.25) is 9.59 Å². The molecule has 0 amide bonds. The van der Waals surface area contributed by atoms with Crippen molar-refractivity contribution in [3.63, 3.8) is 0 Å². The van der Waals surface area contributed by atoms with E-state index in [1.165, 1.54) is 6.08 Å². The third-order valence-corrected chi connectivity index (χ3v) is 2.48. The molecule has 0 saturated carbocycles. The van der Waals surface area contributed by atoms with E-state index in [1.807, 2.05) is 24.3 Å². The van der Waals surface area contributed by atoms with Crippen LogP contribution in [0.5, 0.6) is 0 Å². The van der Waals surface area contributed by atoms with Gasteiger partial charge in [0.25, 0.3) is 0 Å². The number of benzene rings is 1. The van der Waals surface area contributed by atoms with Crippen LogP contribution in [0.1, 0.15) is 18.9 Å². The van der Waals surface area contributed by atoms with E-state index in [2.05, 4.69) is 20.7 Å². The first kappa shape index (κ1) is 13.6. The predicted octanol–water partition coefficient (Wildman–Crippen LogP) is 2.98. The third kappa shape index (κ3) is 5.45. The number of allylic oxidation sites excluding steroid dienone is 1. The fourth-order valence-electron chi connectivity index (χ4n) is 1.18. The normalized spacial score (nSPS) is 10.5. The van der Waals surface area contributed by atoms with Gasteiger partial charge in [0.15, 0.2) is 5.78 Å². The summed E-state index contributed by atoms with van der Waals surface area (Å²) in [7, 11) is 0. The average Bonchev–Trinajstić information content (AvgIpc) is 2.28. The van der Waals surface area contributed by atoms with Crippen LogP contribution in [0.25, 0.3) is 6.08 Å². The van der Waals surface area contributed by atoms with Gasteiger partial charge in [-0.15, -0.1) is 0 Å². The summed E-state index contributed by atoms with van der Waals surface area (Å²) in [6.07, 6.45) is 2.86. The molecule has 0 aliphatic carbocycles. The van der Waals surface area contributed by atoms with Crippen molar-refractivity contribution in [2.75, 3.05) is 6.61 Å². The molecule has 0 unspecified atom stereocenters. The summed E-state index contributed by atoms with van der Waals surface area (Å²) in [5.41, 5.74) is 0.908. The van der Waals surface area contributed by atoms with Crippen LogP contribution >= 0.6 is 15.9 Å². The summed E-state index contributed by atoms with van der Waals surface area (Å²) in [6.45, 7) is 2.00. The molecule has 0 heterocycles. The van der Waals surface area contributed by atoms with Gasteiger partial charge in [-0.05, 0) is 30.7 Å². The fraction of sp³-hybridized carbons (Fsp3) is 0.231. The Kier molecular flexibility index (Phi) is 5.63. The molecule has 0 radical (unpaired) electrons. The Balaban J connectivity index is 2.50. The van der Waals surface area contributed by atoms with Gasteiger partial charge in [0, 0.05) is 4.47 Å². The molecule has 17 heavy (non-hydrogen) atoms. The van der Waals surface area contributed by atoms with Crippen LogP contribution < -0.4 is 0 Å². The molecule has 0 aromatic heterocycles. The van der Waals surface area contributed by atoms with Crippen LogP contribution in [0.2, 0.25) is 0 Å². The van der Waals surface area contributed by atoms with Crippen LogP contribution in [-0.2, 0) is 14.3 Å². The second-order valence-corrected chi connectivity index (χ2v) is 4.25. The minimum absolute atomic E-state index is 0.207. The molecule has 0 spiro atoms. The highest BCUT2D eigenvalue weighted by molar-refractivity contribution is 9.10. The molecule has 0 fully saturated rings. The molecule has 1 aromatic carbocycles. The Morgan fingerprint density at radius 1 is 1.29 bits per heavy atom. The number of carbonyl (C=O) groups is 2. The molecule has 1 aromatic rings. The Morgan fingerprint density at radius 3 is 2.53 bits per heavy atom. The van der Waals surface area contributed by atoms with Crippen molar-refractivity contribution < 1.29 is 14.3 Å². The zero-order valence-corrected chi connectivity index (χ0v) is 11.1. The lowest BCUT2D eigenvalue weighted by Gasteiger charge is -1.98. The number of halogens is 1. The molecule has 4 heteroatoms. The number of ether oxygens (including phenoxy) is 1. The number of hydrogen-bond donors (Lipinski definition) is 0. The second-order valence-electron chi connectivity index (χ2n) is 3.33. The van der Waals surface area contributed by atoms with Gasteiger partial charge >= 0.3 is 5.97 Å². The van der Waals surface area contributed by atoms with E-state index in [4.69, 9.17) is 0 Å². The van der Waals surface area contributed by atoms with Gasteiger partial charge in [-0.25, -0.2) is 0 Å². The van der Waals surface area contributed by atoms with E-state index in [1.54, 1.807) is 13.0 Å². The fourth-order valence-corrected chi connectivity index (χ4v) is 1.44. The molecule has 0 aliphatic rings. The minimum atomic E-state index is -0.488. The molecule has 0 N–H and O–H groups in total. The van der Waals surface area contributed by atoms with Gasteiger partial charge in [0.05, 0.1) is 6.61 Å². The molecule has 0 saturated heterocycles. The van der Waals surface area contributed by atoms with Crippen molar-refractivity contribution in [1.29, 1.82) is 0 Å². The summed E-state index contributed by atoms with van der Waals surface area (Å²) in [6, 6.07) is 7.52. The summed E-state index contributed by atoms with van der Waals surface area (Å²) < 4.78 is 5.66. The molecule has 90 valence electrons. The molecule has 0 aliphatic heterocycles. The van der Waals surface area contributed by atoms with E-state index in [-0.39, 0.29) is 12.2 Å². The van der Waals surface area contributed by atoms with Crippen molar-refractivity contribution in [2.45, 2.75) is 13.3 Å². The number of hydrogen-bond acceptors (Lipinski definition) is 3. The number of ketones is 1. The lowest BCUT2D eigenvalue weighted by atomic mass is 10.2. The smallest absolute Gasteiger partial charge is 0.313 e. The molecule has 1 rings (SSSR count). The largest absolute Gasteiger partial charge is 0.466 e. The monoisotopic (exact) mass is 296 g/mol. The Labute approximate surface area is 109 Å². The lowest BCUT2D eigenvalue weighted by molar-refractivity contribution is -0.144. The van der Waals surface area contributed by atoms with E-state index in [9.17, 15) is 9.59 Å². The van der Waals surface area contributed by atoms with E-state index in [0.29, 0.717) is 6.61 Å². The van der Waals surface area contributed by atoms with E-state index < -0.39 is 5.97 Å². The van der Waals surface area contributed by atoms with Crippen LogP contribution in [-0.4, -0.2) is 18.4 Å². The molecular weight excluding hydrogens is 284 g/mol. The highest BCUT2D eigenvalue weighted by Crippen LogP contribution is 2.11. The van der Waals surface area contributed by atoms with Crippen molar-refractivity contribution in [2.24, 2.45) is 0 Å². The van der Waals surface area contributed by atoms with E-state index in [0.717, 1.165) is 10.0 Å². The highest BCUT2D eigenvalue weighted by atomic mass is 79.9. The molecule has 3 nitrogen and oxygen atoms in total. The maximum absolute atomic E-state index is 11.4. The number of carbonyl (C=O) groups excluding carboxylic acids is 2. The van der Waals surface area contributed by atoms with Gasteiger partial charge in [-0.1, -0.05) is 34.1 Å². The minimum Gasteiger partial charge on any atom is -0.466 e. The van der Waals surface area contributed by atoms with Gasteiger partial charge in [-0.2, -0.15) is 0 Å². The zero-order valence-electron chi connectivity index (χ0n) is 9.48. The summed E-state index contributed by atoms with van der Waals surface area (Å²) >= 11 is 3.32. The summed E-state index contributed by atoms with van der Waals surface area (Å²) in [5, 5.41) is 0. The van der Waals surface area contributed by atoms with Crippen molar-refractivity contribution >= 4 is 33.8 Å². The van der Waals surface area contributed by atoms with Crippen molar-refractivity contribution in [3.05, 3.63) is 40.4 Å². The van der Waals surface area contributed by atoms with Crippen LogP contribution in [0.4, 0.5) is 0 Å². The van der Waals surface area contributed by atoms with E-state index >= 15 is 0 Å². The first-order chi connectivity index (χ1) is 8.11. The van der Waals surface area contributed by atoms with Crippen LogP contribution in [0, 0.1) is 0 Å². The number of esters is 1. The average molecular weight is 297 g/mol. The topological polar surface area (TPSA) is 43.4 Å². The third-order valence-electron chi connectivity index (χ3n) is 1.96. The lowest BCUT2D eigenvalue weighted by Crippen LogP contribution is -2.08. The summed E-state index contributed by atoms with van der Waals surface area (Å²) in [4.78, 5) is 22.4. The van der Waals surface area contributed by atoms with Gasteiger partial charge in [0.2, 0.25) is 0 Å². The molecule has 0 atom stereocenters. The second kappa shape index (κ2) is 7.01. The van der Waals surface area contributed by atoms with Gasteiger partial charge in [0.1, 0.15) is 6.42 Å². The Hall–Kier alpha value is -1.42. The Morgan fingerprint density at radius 2 is 1.94 bits per heavy atom. The zero-order chi connectivity index (χ0) is 12.7. The van der Waals surface area contributed by atoms with Gasteiger partial charge < -0.3 is 4.74 Å². The van der Waals surface area contributed by atoms with Crippen molar-refractivity contribution in [3.8, 4) is 0 Å². The quantitative estimate of drug-likeness (QED) is 0.477. The molecule has 0 bridgehead atoms. The van der Waals surface area contributed by atoms with Crippen LogP contribution in [0.15, 0.2) is 34.8 Å². The SMILES string of the molecule is CCOC(=O)CC(=O)C=Cc1ccc(Br)cc1. The summed E-state index contributed by atoms with van der Waals surface area (Å²) in [5.74, 6) is -0.746. The van der Waals surface area contributed by atoms with Crippen molar-refractivity contribution in [1.82, 2.24) is 0 Å². The van der Waals surface area contributed by atoms with Crippen LogP contribution in [0.3, 0.4) is 0 Å². The predicted molar refractivity (Wildman–Crippen MR) is 69.4 cm³/mol. The Bertz CT molecular complexity index is 421. The maximum atomic E-state index is 11.4. The number of rotatable bonds is 5. The standard InChI is InChI=1S/C13H13BrO3/c1-2-17-13(16)9-12(15)8-5-10-3-6-11(14)7-4-10/h3-8H,2,9H2,1H3. The highest BCUT2D eigenvalue weighted by Gasteiger charge is 2.06. The maximum Gasteiger partial charge on any atom is 0.313 e. The first-order valence-electron chi connectivity index (χ1n) is 5.24. The first-order valence-corrected chi connectivity index (χ1v) is 6.03. The molecular formula is C13H13BrO3.